The summed E-state index contributed by atoms with van der Waals surface area (Å²) in [4.78, 5) is 13.8. The predicted molar refractivity (Wildman–Crippen MR) is 135 cm³/mol. The summed E-state index contributed by atoms with van der Waals surface area (Å²) < 4.78 is 12.4. The first-order chi connectivity index (χ1) is 16.4. The van der Waals surface area contributed by atoms with Gasteiger partial charge >= 0.3 is 5.97 Å². The molecule has 1 aliphatic heterocycles. The zero-order chi connectivity index (χ0) is 23.8. The first-order valence-electron chi connectivity index (χ1n) is 12.4. The number of fused-ring (bicyclic) bond motifs is 3. The van der Waals surface area contributed by atoms with E-state index in [4.69, 9.17) is 15.2 Å². The molecule has 4 atom stereocenters. The lowest BCUT2D eigenvalue weighted by Crippen LogP contribution is -2.37. The molecule has 4 nitrogen and oxygen atoms in total. The van der Waals surface area contributed by atoms with Crippen molar-refractivity contribution in [1.82, 2.24) is 0 Å². The minimum absolute atomic E-state index is 0.106. The molecule has 1 saturated carbocycles. The van der Waals surface area contributed by atoms with Gasteiger partial charge in [0.05, 0.1) is 5.92 Å². The number of esters is 1. The molecule has 2 N–H and O–H groups in total. The number of benzene rings is 3. The first kappa shape index (κ1) is 22.5. The molecule has 0 bridgehead atoms. The summed E-state index contributed by atoms with van der Waals surface area (Å²) >= 11 is 0. The van der Waals surface area contributed by atoms with E-state index < -0.39 is 0 Å². The van der Waals surface area contributed by atoms with Crippen LogP contribution in [0.15, 0.2) is 78.2 Å². The Hall–Kier alpha value is -3.27. The maximum absolute atomic E-state index is 13.8. The van der Waals surface area contributed by atoms with Gasteiger partial charge in [0.1, 0.15) is 17.4 Å². The van der Waals surface area contributed by atoms with Crippen LogP contribution in [-0.4, -0.2) is 12.1 Å². The molecule has 176 valence electrons. The molecule has 3 aromatic carbocycles. The molecule has 0 saturated heterocycles. The molecule has 2 aliphatic rings. The van der Waals surface area contributed by atoms with Crippen LogP contribution in [0.25, 0.3) is 10.8 Å². The van der Waals surface area contributed by atoms with Crippen LogP contribution in [0.3, 0.4) is 0 Å². The van der Waals surface area contributed by atoms with E-state index in [1.165, 1.54) is 6.42 Å². The Bertz CT molecular complexity index is 1230. The third kappa shape index (κ3) is 4.06. The van der Waals surface area contributed by atoms with E-state index in [1.54, 1.807) is 0 Å². The lowest BCUT2D eigenvalue weighted by molar-refractivity contribution is -0.151. The molecular weight excluding hydrogens is 422 g/mol. The number of carbonyl (C=O) groups excluding carboxylic acids is 1. The molecule has 0 unspecified atom stereocenters. The second-order valence-electron chi connectivity index (χ2n) is 10.2. The molecule has 1 fully saturated rings. The van der Waals surface area contributed by atoms with Crippen LogP contribution in [0.2, 0.25) is 0 Å². The van der Waals surface area contributed by atoms with Crippen molar-refractivity contribution in [3.8, 4) is 5.75 Å². The Morgan fingerprint density at radius 1 is 1.00 bits per heavy atom. The second-order valence-corrected chi connectivity index (χ2v) is 10.2. The third-order valence-electron chi connectivity index (χ3n) is 7.56. The van der Waals surface area contributed by atoms with E-state index in [0.29, 0.717) is 29.1 Å². The molecule has 1 heterocycles. The summed E-state index contributed by atoms with van der Waals surface area (Å²) in [6, 6.07) is 22.2. The minimum atomic E-state index is -0.366. The fraction of sp³-hybridized carbons (Fsp3) is 0.367. The fourth-order valence-corrected chi connectivity index (χ4v) is 5.73. The van der Waals surface area contributed by atoms with Gasteiger partial charge in [0, 0.05) is 10.9 Å². The van der Waals surface area contributed by atoms with Crippen molar-refractivity contribution >= 4 is 16.7 Å². The smallest absolute Gasteiger partial charge is 0.340 e. The van der Waals surface area contributed by atoms with Crippen LogP contribution in [0.1, 0.15) is 57.1 Å². The Morgan fingerprint density at radius 2 is 1.74 bits per heavy atom. The lowest BCUT2D eigenvalue weighted by atomic mass is 9.75. The van der Waals surface area contributed by atoms with Crippen LogP contribution < -0.4 is 10.5 Å². The molecular formula is C30H33NO3. The zero-order valence-corrected chi connectivity index (χ0v) is 20.2. The summed E-state index contributed by atoms with van der Waals surface area (Å²) in [7, 11) is 0. The second kappa shape index (κ2) is 9.17. The van der Waals surface area contributed by atoms with Gasteiger partial charge in [-0.3, -0.25) is 0 Å². The van der Waals surface area contributed by atoms with Crippen LogP contribution in [-0.2, 0) is 9.53 Å². The third-order valence-corrected chi connectivity index (χ3v) is 7.56. The van der Waals surface area contributed by atoms with E-state index in [2.05, 4.69) is 39.0 Å². The number of carbonyl (C=O) groups is 1. The highest BCUT2D eigenvalue weighted by Gasteiger charge is 2.39. The van der Waals surface area contributed by atoms with Crippen LogP contribution in [0.4, 0.5) is 0 Å². The number of rotatable bonds is 4. The van der Waals surface area contributed by atoms with Crippen molar-refractivity contribution in [2.75, 3.05) is 0 Å². The molecule has 5 rings (SSSR count). The predicted octanol–water partition coefficient (Wildman–Crippen LogP) is 6.54. The van der Waals surface area contributed by atoms with E-state index in [0.717, 1.165) is 34.7 Å². The molecule has 1 aliphatic carbocycles. The number of ether oxygens (including phenoxy) is 2. The highest BCUT2D eigenvalue weighted by Crippen LogP contribution is 2.46. The fourth-order valence-electron chi connectivity index (χ4n) is 5.73. The monoisotopic (exact) mass is 455 g/mol. The summed E-state index contributed by atoms with van der Waals surface area (Å²) in [5, 5.41) is 2.06. The van der Waals surface area contributed by atoms with Gasteiger partial charge < -0.3 is 15.2 Å². The molecule has 0 amide bonds. The summed E-state index contributed by atoms with van der Waals surface area (Å²) in [5.41, 5.74) is 8.82. The standard InChI is InChI=1S/C30H33NO3/c1-18(2)22-15-13-19(3)17-25(22)33-30(32)27-26(21-10-5-4-6-11-21)24-16-14-20-9-7-8-12-23(20)28(24)34-29(27)31/h4-12,14,16,18-19,22,25-26H,13,15,17,31H2,1-3H3/t19-,22+,25-,26+/m1/s1. The minimum Gasteiger partial charge on any atom is -0.459 e. The molecule has 34 heavy (non-hydrogen) atoms. The molecule has 0 radical (unpaired) electrons. The molecule has 0 aromatic heterocycles. The van der Waals surface area contributed by atoms with Crippen molar-refractivity contribution in [2.45, 2.75) is 52.1 Å². The number of hydrogen-bond donors (Lipinski definition) is 1. The van der Waals surface area contributed by atoms with Gasteiger partial charge in [0.15, 0.2) is 0 Å². The van der Waals surface area contributed by atoms with Crippen molar-refractivity contribution in [3.05, 3.63) is 89.3 Å². The number of nitrogens with two attached hydrogens (primary N) is 1. The van der Waals surface area contributed by atoms with Crippen molar-refractivity contribution in [1.29, 1.82) is 0 Å². The highest BCUT2D eigenvalue weighted by atomic mass is 16.5. The first-order valence-corrected chi connectivity index (χ1v) is 12.4. The largest absolute Gasteiger partial charge is 0.459 e. The van der Waals surface area contributed by atoms with E-state index in [-0.39, 0.29) is 23.9 Å². The van der Waals surface area contributed by atoms with Crippen LogP contribution in [0.5, 0.6) is 5.75 Å². The van der Waals surface area contributed by atoms with Gasteiger partial charge in [-0.15, -0.1) is 0 Å². The normalized spacial score (nSPS) is 24.6. The van der Waals surface area contributed by atoms with E-state index in [9.17, 15) is 4.79 Å². The van der Waals surface area contributed by atoms with Gasteiger partial charge in [0.25, 0.3) is 0 Å². The quantitative estimate of drug-likeness (QED) is 0.454. The van der Waals surface area contributed by atoms with Gasteiger partial charge in [-0.25, -0.2) is 4.79 Å². The summed E-state index contributed by atoms with van der Waals surface area (Å²) in [5.74, 6) is 1.49. The summed E-state index contributed by atoms with van der Waals surface area (Å²) in [6.45, 7) is 6.67. The molecule has 3 aromatic rings. The Kier molecular flexibility index (Phi) is 6.07. The van der Waals surface area contributed by atoms with Gasteiger partial charge in [-0.1, -0.05) is 93.9 Å². The van der Waals surface area contributed by atoms with Crippen LogP contribution in [0, 0.1) is 17.8 Å². The van der Waals surface area contributed by atoms with Gasteiger partial charge in [0.2, 0.25) is 5.88 Å². The van der Waals surface area contributed by atoms with Gasteiger partial charge in [-0.05, 0) is 41.5 Å². The average Bonchev–Trinajstić information content (AvgIpc) is 2.83. The molecule has 4 heteroatoms. The maximum atomic E-state index is 13.8. The Balaban J connectivity index is 1.57. The lowest BCUT2D eigenvalue weighted by Gasteiger charge is -2.37. The van der Waals surface area contributed by atoms with Crippen molar-refractivity contribution in [3.63, 3.8) is 0 Å². The number of hydrogen-bond acceptors (Lipinski definition) is 4. The maximum Gasteiger partial charge on any atom is 0.340 e. The van der Waals surface area contributed by atoms with Crippen molar-refractivity contribution < 1.29 is 14.3 Å². The Morgan fingerprint density at radius 3 is 2.50 bits per heavy atom. The zero-order valence-electron chi connectivity index (χ0n) is 20.2. The Labute approximate surface area is 201 Å². The highest BCUT2D eigenvalue weighted by molar-refractivity contribution is 5.96. The van der Waals surface area contributed by atoms with E-state index in [1.807, 2.05) is 48.5 Å². The molecule has 0 spiro atoms. The van der Waals surface area contributed by atoms with Gasteiger partial charge in [-0.2, -0.15) is 0 Å². The summed E-state index contributed by atoms with van der Waals surface area (Å²) in [6.07, 6.45) is 3.04. The van der Waals surface area contributed by atoms with E-state index >= 15 is 0 Å². The van der Waals surface area contributed by atoms with Crippen molar-refractivity contribution in [2.24, 2.45) is 23.5 Å². The SMILES string of the molecule is CC(C)[C@@H]1CC[C@@H](C)C[C@H]1OC(=O)C1=C(N)Oc2c(ccc3ccccc23)[C@@H]1c1ccccc1. The van der Waals surface area contributed by atoms with Crippen LogP contribution >= 0.6 is 0 Å². The topological polar surface area (TPSA) is 61.5 Å². The average molecular weight is 456 g/mol.